The molecule has 0 spiro atoms. The molecule has 2 aromatic carbocycles. The molecule has 1 unspecified atom stereocenters. The standard InChI is InChI=1S/C20H23N2O2S.BrH/c1-15-4-6-16(7-5-15)20(23)14-21(19-22(20)12-3-13-25-19)17-8-10-18(24-2)11-9-17;/h4-11,23H,3,12-14H2,1-2H3;1H/q+1;/p-1. The first kappa shape index (κ1) is 19.3. The van der Waals surface area contributed by atoms with Crippen molar-refractivity contribution in [2.45, 2.75) is 19.1 Å². The molecule has 0 radical (unpaired) electrons. The number of methoxy groups -OCH3 is 1. The minimum absolute atomic E-state index is 0. The maximum atomic E-state index is 11.6. The van der Waals surface area contributed by atoms with Crippen LogP contribution in [0, 0.1) is 6.92 Å². The molecule has 2 aliphatic rings. The van der Waals surface area contributed by atoms with E-state index < -0.39 is 5.72 Å². The normalized spacial score (nSPS) is 22.0. The third kappa shape index (κ3) is 3.26. The maximum Gasteiger partial charge on any atom is 0.316 e. The van der Waals surface area contributed by atoms with Gasteiger partial charge in [0.05, 0.1) is 13.7 Å². The number of anilines is 1. The smallest absolute Gasteiger partial charge is 0.316 e. The van der Waals surface area contributed by atoms with Crippen LogP contribution in [0.2, 0.25) is 0 Å². The SMILES string of the molecule is COc1ccc(N2CC(O)(c3ccc(C)cc3)[N+]3=C2SCCC3)cc1.[Br-]. The van der Waals surface area contributed by atoms with Crippen molar-refractivity contribution in [1.29, 1.82) is 0 Å². The van der Waals surface area contributed by atoms with Crippen molar-refractivity contribution < 1.29 is 31.4 Å². The molecule has 0 aliphatic carbocycles. The Kier molecular flexibility index (Phi) is 5.65. The minimum atomic E-state index is -0.990. The lowest BCUT2D eigenvalue weighted by Gasteiger charge is -2.24. The Bertz CT molecular complexity index is 808. The number of ether oxygens (including phenoxy) is 1. The number of amidine groups is 1. The summed E-state index contributed by atoms with van der Waals surface area (Å²) in [6.45, 7) is 3.48. The van der Waals surface area contributed by atoms with E-state index >= 15 is 0 Å². The number of aliphatic hydroxyl groups is 1. The molecular weight excluding hydrogens is 412 g/mol. The van der Waals surface area contributed by atoms with Crippen molar-refractivity contribution in [1.82, 2.24) is 0 Å². The number of rotatable bonds is 3. The fourth-order valence-corrected chi connectivity index (χ4v) is 4.71. The third-order valence-electron chi connectivity index (χ3n) is 4.94. The summed E-state index contributed by atoms with van der Waals surface area (Å²) in [6, 6.07) is 16.3. The average molecular weight is 435 g/mol. The van der Waals surface area contributed by atoms with Crippen LogP contribution in [0.3, 0.4) is 0 Å². The lowest BCUT2D eigenvalue weighted by atomic mass is 10.0. The lowest BCUT2D eigenvalue weighted by molar-refractivity contribution is -0.656. The first-order valence-corrected chi connectivity index (χ1v) is 9.59. The Morgan fingerprint density at radius 3 is 2.46 bits per heavy atom. The molecule has 0 saturated carbocycles. The summed E-state index contributed by atoms with van der Waals surface area (Å²) in [4.78, 5) is 2.23. The number of nitrogens with zero attached hydrogens (tertiary/aromatic N) is 2. The number of thioether (sulfide) groups is 1. The van der Waals surface area contributed by atoms with Gasteiger partial charge in [0.15, 0.2) is 6.54 Å². The average Bonchev–Trinajstić information content (AvgIpc) is 2.97. The highest BCUT2D eigenvalue weighted by atomic mass is 79.9. The van der Waals surface area contributed by atoms with E-state index in [9.17, 15) is 5.11 Å². The van der Waals surface area contributed by atoms with Gasteiger partial charge < -0.3 is 26.8 Å². The number of β-amino-alcohol motifs (C(OH)–C–C–N with tert-alkyl or cyclic N) is 1. The van der Waals surface area contributed by atoms with Crippen LogP contribution in [0.5, 0.6) is 5.75 Å². The molecule has 26 heavy (non-hydrogen) atoms. The molecule has 2 heterocycles. The van der Waals surface area contributed by atoms with E-state index in [2.05, 4.69) is 40.7 Å². The molecule has 0 fully saturated rings. The fraction of sp³-hybridized carbons (Fsp3) is 0.350. The fourth-order valence-electron chi connectivity index (χ4n) is 3.53. The largest absolute Gasteiger partial charge is 1.00 e. The van der Waals surface area contributed by atoms with Gasteiger partial charge in [0, 0.05) is 11.3 Å². The van der Waals surface area contributed by atoms with Crippen LogP contribution in [0.15, 0.2) is 48.5 Å². The predicted octanol–water partition coefficient (Wildman–Crippen LogP) is 0.178. The van der Waals surface area contributed by atoms with Gasteiger partial charge in [0.2, 0.25) is 0 Å². The summed E-state index contributed by atoms with van der Waals surface area (Å²) in [5.74, 6) is 1.93. The molecule has 0 saturated heterocycles. The van der Waals surface area contributed by atoms with E-state index in [1.807, 2.05) is 36.0 Å². The van der Waals surface area contributed by atoms with Crippen LogP contribution in [0.4, 0.5) is 5.69 Å². The van der Waals surface area contributed by atoms with Crippen LogP contribution < -0.4 is 26.6 Å². The van der Waals surface area contributed by atoms with E-state index in [1.165, 1.54) is 5.56 Å². The second kappa shape index (κ2) is 7.62. The Hall–Kier alpha value is -1.50. The van der Waals surface area contributed by atoms with Crippen molar-refractivity contribution in [2.75, 3.05) is 30.9 Å². The van der Waals surface area contributed by atoms with Gasteiger partial charge in [-0.25, -0.2) is 9.48 Å². The van der Waals surface area contributed by atoms with Gasteiger partial charge >= 0.3 is 5.17 Å². The first-order valence-electron chi connectivity index (χ1n) is 8.60. The maximum absolute atomic E-state index is 11.6. The second-order valence-corrected chi connectivity index (χ2v) is 7.67. The summed E-state index contributed by atoms with van der Waals surface area (Å²) in [6.07, 6.45) is 1.08. The zero-order valence-electron chi connectivity index (χ0n) is 15.0. The Morgan fingerprint density at radius 2 is 1.81 bits per heavy atom. The predicted molar refractivity (Wildman–Crippen MR) is 103 cm³/mol. The second-order valence-electron chi connectivity index (χ2n) is 6.60. The van der Waals surface area contributed by atoms with E-state index in [-0.39, 0.29) is 17.0 Å². The molecule has 0 aromatic heterocycles. The van der Waals surface area contributed by atoms with Gasteiger partial charge in [0.25, 0.3) is 5.72 Å². The molecule has 138 valence electrons. The van der Waals surface area contributed by atoms with Gasteiger partial charge in [-0.1, -0.05) is 29.8 Å². The van der Waals surface area contributed by atoms with Crippen molar-refractivity contribution in [3.63, 3.8) is 0 Å². The molecule has 2 aliphatic heterocycles. The van der Waals surface area contributed by atoms with Crippen LogP contribution in [0.1, 0.15) is 17.5 Å². The molecule has 4 nitrogen and oxygen atoms in total. The number of benzene rings is 2. The zero-order chi connectivity index (χ0) is 17.4. The molecule has 2 aromatic rings. The quantitative estimate of drug-likeness (QED) is 0.698. The highest BCUT2D eigenvalue weighted by molar-refractivity contribution is 8.13. The Labute approximate surface area is 169 Å². The Morgan fingerprint density at radius 1 is 1.12 bits per heavy atom. The van der Waals surface area contributed by atoms with Gasteiger partial charge in [-0.2, -0.15) is 0 Å². The summed E-state index contributed by atoms with van der Waals surface area (Å²) < 4.78 is 7.43. The van der Waals surface area contributed by atoms with Gasteiger partial charge in [-0.05, 0) is 49.4 Å². The van der Waals surface area contributed by atoms with E-state index in [0.29, 0.717) is 6.54 Å². The van der Waals surface area contributed by atoms with Crippen molar-refractivity contribution in [3.05, 3.63) is 59.7 Å². The van der Waals surface area contributed by atoms with E-state index in [0.717, 1.165) is 40.9 Å². The summed E-state index contributed by atoms with van der Waals surface area (Å²) in [5.41, 5.74) is 2.25. The van der Waals surface area contributed by atoms with Crippen molar-refractivity contribution in [2.24, 2.45) is 0 Å². The van der Waals surface area contributed by atoms with Gasteiger partial charge in [0.1, 0.15) is 11.4 Å². The summed E-state index contributed by atoms with van der Waals surface area (Å²) in [5, 5.41) is 12.7. The molecule has 4 rings (SSSR count). The number of hydrogen-bond donors (Lipinski definition) is 1. The molecule has 0 amide bonds. The van der Waals surface area contributed by atoms with Crippen LogP contribution in [-0.2, 0) is 5.72 Å². The number of hydrogen-bond acceptors (Lipinski definition) is 4. The Balaban J connectivity index is 0.00000196. The third-order valence-corrected chi connectivity index (χ3v) is 6.13. The molecule has 6 heteroatoms. The molecule has 0 bridgehead atoms. The van der Waals surface area contributed by atoms with Gasteiger partial charge in [-0.3, -0.25) is 0 Å². The van der Waals surface area contributed by atoms with Crippen molar-refractivity contribution >= 4 is 22.6 Å². The van der Waals surface area contributed by atoms with Crippen LogP contribution >= 0.6 is 11.8 Å². The van der Waals surface area contributed by atoms with Crippen LogP contribution in [-0.4, -0.2) is 40.8 Å². The highest BCUT2D eigenvalue weighted by Gasteiger charge is 2.53. The topological polar surface area (TPSA) is 35.7 Å². The molecule has 1 atom stereocenters. The summed E-state index contributed by atoms with van der Waals surface area (Å²) >= 11 is 1.82. The van der Waals surface area contributed by atoms with Gasteiger partial charge in [-0.15, -0.1) is 0 Å². The highest BCUT2D eigenvalue weighted by Crippen LogP contribution is 2.37. The van der Waals surface area contributed by atoms with E-state index in [1.54, 1.807) is 7.11 Å². The molecular formula is C20H23BrN2O2S. The monoisotopic (exact) mass is 434 g/mol. The van der Waals surface area contributed by atoms with Crippen molar-refractivity contribution in [3.8, 4) is 5.75 Å². The first-order chi connectivity index (χ1) is 12.1. The summed E-state index contributed by atoms with van der Waals surface area (Å²) in [7, 11) is 1.68. The zero-order valence-corrected chi connectivity index (χ0v) is 17.4. The minimum Gasteiger partial charge on any atom is -1.00 e. The van der Waals surface area contributed by atoms with Crippen LogP contribution in [0.25, 0.3) is 0 Å². The van der Waals surface area contributed by atoms with E-state index in [4.69, 9.17) is 4.74 Å². The number of halogens is 1. The molecule has 1 N–H and O–H groups in total. The number of aryl methyl sites for hydroxylation is 1. The lowest BCUT2D eigenvalue weighted by Crippen LogP contribution is -3.00.